The number of carbonyl (C=O) groups is 2. The molecule has 0 saturated heterocycles. The van der Waals surface area contributed by atoms with E-state index in [9.17, 15) is 9.59 Å². The number of hydrogen-bond donors (Lipinski definition) is 3. The van der Waals surface area contributed by atoms with Gasteiger partial charge in [0.15, 0.2) is 0 Å². The average Bonchev–Trinajstić information content (AvgIpc) is 2.46. The van der Waals surface area contributed by atoms with Crippen LogP contribution in [0.5, 0.6) is 0 Å². The summed E-state index contributed by atoms with van der Waals surface area (Å²) in [4.78, 5) is 23.0. The third kappa shape index (κ3) is 6.78. The zero-order valence-corrected chi connectivity index (χ0v) is 12.1. The van der Waals surface area contributed by atoms with Crippen molar-refractivity contribution < 1.29 is 9.59 Å². The van der Waals surface area contributed by atoms with Gasteiger partial charge in [0.05, 0.1) is 0 Å². The van der Waals surface area contributed by atoms with Crippen molar-refractivity contribution in [1.29, 1.82) is 0 Å². The lowest BCUT2D eigenvalue weighted by molar-refractivity contribution is -0.121. The molecule has 1 rings (SSSR count). The van der Waals surface area contributed by atoms with E-state index in [1.165, 1.54) is 0 Å². The summed E-state index contributed by atoms with van der Waals surface area (Å²) < 4.78 is 0. The van der Waals surface area contributed by atoms with Crippen LogP contribution in [-0.2, 0) is 11.3 Å². The van der Waals surface area contributed by atoms with Crippen LogP contribution in [0.1, 0.15) is 32.3 Å². The monoisotopic (exact) mass is 277 g/mol. The molecule has 0 heterocycles. The number of urea groups is 1. The number of amides is 3. The van der Waals surface area contributed by atoms with Crippen LogP contribution in [0.15, 0.2) is 30.3 Å². The van der Waals surface area contributed by atoms with Crippen molar-refractivity contribution >= 4 is 11.9 Å². The topological polar surface area (TPSA) is 70.2 Å². The smallest absolute Gasteiger partial charge is 0.315 e. The second kappa shape index (κ2) is 8.96. The lowest BCUT2D eigenvalue weighted by Crippen LogP contribution is -2.38. The van der Waals surface area contributed by atoms with Crippen LogP contribution in [0, 0.1) is 0 Å². The fourth-order valence-corrected chi connectivity index (χ4v) is 1.58. The Morgan fingerprint density at radius 1 is 1.15 bits per heavy atom. The molecule has 5 nitrogen and oxygen atoms in total. The van der Waals surface area contributed by atoms with E-state index in [4.69, 9.17) is 0 Å². The second-order valence-corrected chi connectivity index (χ2v) is 4.72. The predicted molar refractivity (Wildman–Crippen MR) is 79.2 cm³/mol. The first-order valence-corrected chi connectivity index (χ1v) is 6.96. The van der Waals surface area contributed by atoms with Crippen LogP contribution in [0.2, 0.25) is 0 Å². The maximum Gasteiger partial charge on any atom is 0.315 e. The molecule has 3 N–H and O–H groups in total. The molecule has 0 aromatic heterocycles. The van der Waals surface area contributed by atoms with Gasteiger partial charge in [0.2, 0.25) is 5.91 Å². The van der Waals surface area contributed by atoms with Gasteiger partial charge in [0.1, 0.15) is 0 Å². The van der Waals surface area contributed by atoms with Crippen LogP contribution < -0.4 is 16.0 Å². The Hall–Kier alpha value is -2.04. The maximum absolute atomic E-state index is 11.5. The van der Waals surface area contributed by atoms with Crippen molar-refractivity contribution in [2.45, 2.75) is 39.3 Å². The number of nitrogens with one attached hydrogen (secondary N) is 3. The van der Waals surface area contributed by atoms with Crippen molar-refractivity contribution in [3.63, 3.8) is 0 Å². The highest BCUT2D eigenvalue weighted by molar-refractivity contribution is 5.78. The summed E-state index contributed by atoms with van der Waals surface area (Å²) in [5, 5.41) is 8.26. The summed E-state index contributed by atoms with van der Waals surface area (Å²) in [6, 6.07) is 9.58. The molecule has 5 heteroatoms. The van der Waals surface area contributed by atoms with Gasteiger partial charge in [-0.05, 0) is 18.9 Å². The first-order valence-electron chi connectivity index (χ1n) is 6.96. The molecule has 0 aliphatic carbocycles. The van der Waals surface area contributed by atoms with Crippen LogP contribution in [0.25, 0.3) is 0 Å². The molecule has 20 heavy (non-hydrogen) atoms. The molecule has 0 saturated carbocycles. The minimum atomic E-state index is -0.259. The highest BCUT2D eigenvalue weighted by Crippen LogP contribution is 1.96. The molecule has 1 unspecified atom stereocenters. The number of carbonyl (C=O) groups excluding carboxylic acids is 2. The molecule has 0 spiro atoms. The Morgan fingerprint density at radius 2 is 1.85 bits per heavy atom. The third-order valence-corrected chi connectivity index (χ3v) is 2.95. The molecule has 1 atom stereocenters. The molecule has 0 fully saturated rings. The highest BCUT2D eigenvalue weighted by atomic mass is 16.2. The Kier molecular flexibility index (Phi) is 7.17. The molecule has 3 amide bonds. The first-order chi connectivity index (χ1) is 9.61. The number of rotatable bonds is 7. The van der Waals surface area contributed by atoms with Crippen LogP contribution in [-0.4, -0.2) is 24.5 Å². The lowest BCUT2D eigenvalue weighted by atomic mass is 10.2. The molecular weight excluding hydrogens is 254 g/mol. The van der Waals surface area contributed by atoms with E-state index < -0.39 is 0 Å². The molecule has 110 valence electrons. The third-order valence-electron chi connectivity index (χ3n) is 2.95. The summed E-state index contributed by atoms with van der Waals surface area (Å²) in [7, 11) is 0. The average molecular weight is 277 g/mol. The summed E-state index contributed by atoms with van der Waals surface area (Å²) >= 11 is 0. The van der Waals surface area contributed by atoms with E-state index in [2.05, 4.69) is 16.0 Å². The van der Waals surface area contributed by atoms with Crippen molar-refractivity contribution in [1.82, 2.24) is 16.0 Å². The predicted octanol–water partition coefficient (Wildman–Crippen LogP) is 1.79. The normalized spacial score (nSPS) is 11.5. The minimum Gasteiger partial charge on any atom is -0.354 e. The molecule has 0 bridgehead atoms. The molecule has 0 aliphatic rings. The number of hydrogen-bond acceptors (Lipinski definition) is 2. The van der Waals surface area contributed by atoms with Crippen LogP contribution >= 0.6 is 0 Å². The Morgan fingerprint density at radius 3 is 2.50 bits per heavy atom. The second-order valence-electron chi connectivity index (χ2n) is 4.72. The van der Waals surface area contributed by atoms with Crippen LogP contribution in [0.4, 0.5) is 4.79 Å². The molecule has 0 radical (unpaired) electrons. The van der Waals surface area contributed by atoms with Crippen LogP contribution in [0.3, 0.4) is 0 Å². The standard InChI is InChI=1S/C15H23N3O2/c1-3-12(2)18-14(19)9-10-16-15(20)17-11-13-7-5-4-6-8-13/h4-8,12H,3,9-11H2,1-2H3,(H,18,19)(H2,16,17,20). The summed E-state index contributed by atoms with van der Waals surface area (Å²) in [6.07, 6.45) is 1.19. The van der Waals surface area contributed by atoms with Gasteiger partial charge >= 0.3 is 6.03 Å². The van der Waals surface area contributed by atoms with Gasteiger partial charge in [0.25, 0.3) is 0 Å². The van der Waals surface area contributed by atoms with Gasteiger partial charge in [-0.1, -0.05) is 37.3 Å². The van der Waals surface area contributed by atoms with Gasteiger partial charge in [-0.2, -0.15) is 0 Å². The maximum atomic E-state index is 11.5. The van der Waals surface area contributed by atoms with Gasteiger partial charge in [-0.25, -0.2) is 4.79 Å². The van der Waals surface area contributed by atoms with E-state index in [-0.39, 0.29) is 18.0 Å². The summed E-state index contributed by atoms with van der Waals surface area (Å²) in [5.41, 5.74) is 1.04. The van der Waals surface area contributed by atoms with Gasteiger partial charge in [0, 0.05) is 25.6 Å². The SMILES string of the molecule is CCC(C)NC(=O)CCNC(=O)NCc1ccccc1. The quantitative estimate of drug-likeness (QED) is 0.711. The summed E-state index contributed by atoms with van der Waals surface area (Å²) in [5.74, 6) is -0.0392. The number of benzene rings is 1. The van der Waals surface area contributed by atoms with Gasteiger partial charge in [-0.15, -0.1) is 0 Å². The van der Waals surface area contributed by atoms with E-state index >= 15 is 0 Å². The van der Waals surface area contributed by atoms with Crippen molar-refractivity contribution in [3.05, 3.63) is 35.9 Å². The van der Waals surface area contributed by atoms with Crippen molar-refractivity contribution in [2.24, 2.45) is 0 Å². The van der Waals surface area contributed by atoms with Gasteiger partial charge in [-0.3, -0.25) is 4.79 Å². The zero-order valence-electron chi connectivity index (χ0n) is 12.1. The molecule has 0 aliphatic heterocycles. The first kappa shape index (κ1) is 16.0. The van der Waals surface area contributed by atoms with E-state index in [1.807, 2.05) is 44.2 Å². The van der Waals surface area contributed by atoms with E-state index in [0.29, 0.717) is 19.5 Å². The van der Waals surface area contributed by atoms with E-state index in [1.54, 1.807) is 0 Å². The highest BCUT2D eigenvalue weighted by Gasteiger charge is 2.06. The fraction of sp³-hybridized carbons (Fsp3) is 0.467. The largest absolute Gasteiger partial charge is 0.354 e. The molecule has 1 aromatic rings. The van der Waals surface area contributed by atoms with Gasteiger partial charge < -0.3 is 16.0 Å². The molecule has 1 aromatic carbocycles. The van der Waals surface area contributed by atoms with Crippen molar-refractivity contribution in [2.75, 3.05) is 6.54 Å². The Bertz CT molecular complexity index is 420. The van der Waals surface area contributed by atoms with Crippen molar-refractivity contribution in [3.8, 4) is 0 Å². The Balaban J connectivity index is 2.13. The minimum absolute atomic E-state index is 0.0392. The lowest BCUT2D eigenvalue weighted by Gasteiger charge is -2.11. The fourth-order valence-electron chi connectivity index (χ4n) is 1.58. The Labute approximate surface area is 120 Å². The van der Waals surface area contributed by atoms with E-state index in [0.717, 1.165) is 12.0 Å². The zero-order chi connectivity index (χ0) is 14.8. The molecular formula is C15H23N3O2. The summed E-state index contributed by atoms with van der Waals surface area (Å²) in [6.45, 7) is 4.78.